The molecule has 5 nitrogen and oxygen atoms in total. The Kier molecular flexibility index (Phi) is 5.63. The molecule has 0 aliphatic heterocycles. The van der Waals surface area contributed by atoms with Gasteiger partial charge in [-0.1, -0.05) is 0 Å². The number of amides is 1. The average Bonchev–Trinajstić information content (AvgIpc) is 2.39. The van der Waals surface area contributed by atoms with Crippen molar-refractivity contribution in [1.82, 2.24) is 4.90 Å². The Labute approximate surface area is 121 Å². The third-order valence-corrected chi connectivity index (χ3v) is 2.81. The molecule has 0 atom stereocenters. The summed E-state index contributed by atoms with van der Waals surface area (Å²) in [4.78, 5) is 25.1. The lowest BCUT2D eigenvalue weighted by Gasteiger charge is -2.26. The molecule has 1 rings (SSSR count). The van der Waals surface area contributed by atoms with Crippen LogP contribution in [0.5, 0.6) is 0 Å². The van der Waals surface area contributed by atoms with Crippen molar-refractivity contribution in [2.24, 2.45) is 0 Å². The Morgan fingerprint density at radius 1 is 1.29 bits per heavy atom. The van der Waals surface area contributed by atoms with Crippen LogP contribution in [0.2, 0.25) is 0 Å². The van der Waals surface area contributed by atoms with Gasteiger partial charge in [0, 0.05) is 17.8 Å². The van der Waals surface area contributed by atoms with E-state index in [2.05, 4.69) is 0 Å². The highest BCUT2D eigenvalue weighted by Gasteiger charge is 2.25. The van der Waals surface area contributed by atoms with E-state index in [1.165, 1.54) is 4.90 Å². The third-order valence-electron chi connectivity index (χ3n) is 2.81. The quantitative estimate of drug-likeness (QED) is 0.666. The van der Waals surface area contributed by atoms with Gasteiger partial charge in [-0.15, -0.1) is 0 Å². The minimum atomic E-state index is -1.17. The van der Waals surface area contributed by atoms with Gasteiger partial charge in [0.15, 0.2) is 11.6 Å². The van der Waals surface area contributed by atoms with Crippen LogP contribution in [0.1, 0.15) is 31.1 Å². The second-order valence-corrected chi connectivity index (χ2v) is 4.69. The standard InChI is InChI=1S/C14H18F2N2O3/c1-4-21-13(19)7-18(8(2)3)14(20)9-5-10(15)11(16)6-12(9)17/h5-6,8H,4,7,17H2,1-3H3. The van der Waals surface area contributed by atoms with E-state index >= 15 is 0 Å². The number of benzene rings is 1. The first-order chi connectivity index (χ1) is 9.77. The van der Waals surface area contributed by atoms with Crippen molar-refractivity contribution >= 4 is 17.6 Å². The zero-order chi connectivity index (χ0) is 16.2. The van der Waals surface area contributed by atoms with Crippen molar-refractivity contribution in [3.63, 3.8) is 0 Å². The van der Waals surface area contributed by atoms with Gasteiger partial charge < -0.3 is 15.4 Å². The van der Waals surface area contributed by atoms with Crippen molar-refractivity contribution in [1.29, 1.82) is 0 Å². The fraction of sp³-hybridized carbons (Fsp3) is 0.429. The van der Waals surface area contributed by atoms with Gasteiger partial charge in [0.2, 0.25) is 0 Å². The fourth-order valence-corrected chi connectivity index (χ4v) is 1.74. The maximum atomic E-state index is 13.3. The van der Waals surface area contributed by atoms with Crippen LogP contribution in [-0.2, 0) is 9.53 Å². The Morgan fingerprint density at radius 3 is 2.38 bits per heavy atom. The first-order valence-corrected chi connectivity index (χ1v) is 6.49. The van der Waals surface area contributed by atoms with Crippen molar-refractivity contribution in [2.45, 2.75) is 26.8 Å². The molecule has 116 valence electrons. The molecule has 0 unspecified atom stereocenters. The topological polar surface area (TPSA) is 72.6 Å². The van der Waals surface area contributed by atoms with E-state index in [0.717, 1.165) is 12.1 Å². The van der Waals surface area contributed by atoms with E-state index in [0.29, 0.717) is 0 Å². The molecule has 0 aliphatic carbocycles. The van der Waals surface area contributed by atoms with E-state index in [4.69, 9.17) is 10.5 Å². The summed E-state index contributed by atoms with van der Waals surface area (Å²) in [7, 11) is 0. The Bertz CT molecular complexity index is 547. The van der Waals surface area contributed by atoms with Crippen LogP contribution in [0, 0.1) is 11.6 Å². The maximum absolute atomic E-state index is 13.3. The Balaban J connectivity index is 3.07. The fourth-order valence-electron chi connectivity index (χ4n) is 1.74. The number of nitrogen functional groups attached to an aromatic ring is 1. The molecule has 0 saturated carbocycles. The minimum Gasteiger partial charge on any atom is -0.465 e. The van der Waals surface area contributed by atoms with Crippen molar-refractivity contribution in [2.75, 3.05) is 18.9 Å². The number of carbonyl (C=O) groups is 2. The molecular weight excluding hydrogens is 282 g/mol. The van der Waals surface area contributed by atoms with Crippen LogP contribution < -0.4 is 5.73 Å². The molecule has 1 aromatic rings. The molecule has 1 aromatic carbocycles. The zero-order valence-corrected chi connectivity index (χ0v) is 12.2. The number of ether oxygens (including phenoxy) is 1. The van der Waals surface area contributed by atoms with Crippen molar-refractivity contribution in [3.8, 4) is 0 Å². The normalized spacial score (nSPS) is 10.6. The molecule has 0 aliphatic rings. The van der Waals surface area contributed by atoms with Crippen molar-refractivity contribution < 1.29 is 23.1 Å². The van der Waals surface area contributed by atoms with Gasteiger partial charge in [0.1, 0.15) is 6.54 Å². The van der Waals surface area contributed by atoms with Crippen LogP contribution in [-0.4, -0.2) is 36.0 Å². The van der Waals surface area contributed by atoms with Crippen molar-refractivity contribution in [3.05, 3.63) is 29.3 Å². The summed E-state index contributed by atoms with van der Waals surface area (Å²) in [6, 6.07) is 1.13. The number of nitrogens with two attached hydrogens (primary N) is 1. The first kappa shape index (κ1) is 16.9. The summed E-state index contributed by atoms with van der Waals surface area (Å²) >= 11 is 0. The molecule has 7 heteroatoms. The predicted octanol–water partition coefficient (Wildman–Crippen LogP) is 1.96. The molecule has 0 bridgehead atoms. The number of anilines is 1. The summed E-state index contributed by atoms with van der Waals surface area (Å²) in [5.74, 6) is -3.55. The van der Waals surface area contributed by atoms with E-state index < -0.39 is 23.5 Å². The molecule has 0 radical (unpaired) electrons. The lowest BCUT2D eigenvalue weighted by atomic mass is 10.1. The van der Waals surface area contributed by atoms with Crippen LogP contribution in [0.4, 0.5) is 14.5 Å². The van der Waals surface area contributed by atoms with Crippen LogP contribution >= 0.6 is 0 Å². The Morgan fingerprint density at radius 2 is 1.86 bits per heavy atom. The molecule has 0 saturated heterocycles. The highest BCUT2D eigenvalue weighted by atomic mass is 19.2. The smallest absolute Gasteiger partial charge is 0.325 e. The van der Waals surface area contributed by atoms with Gasteiger partial charge >= 0.3 is 5.97 Å². The highest BCUT2D eigenvalue weighted by Crippen LogP contribution is 2.20. The van der Waals surface area contributed by atoms with E-state index in [1.54, 1.807) is 20.8 Å². The summed E-state index contributed by atoms with van der Waals surface area (Å²) < 4.78 is 31.1. The maximum Gasteiger partial charge on any atom is 0.325 e. The van der Waals surface area contributed by atoms with Gasteiger partial charge in [-0.3, -0.25) is 9.59 Å². The number of hydrogen-bond donors (Lipinski definition) is 1. The monoisotopic (exact) mass is 300 g/mol. The number of carbonyl (C=O) groups excluding carboxylic acids is 2. The number of hydrogen-bond acceptors (Lipinski definition) is 4. The lowest BCUT2D eigenvalue weighted by molar-refractivity contribution is -0.144. The first-order valence-electron chi connectivity index (χ1n) is 6.49. The molecule has 0 aromatic heterocycles. The number of rotatable bonds is 5. The summed E-state index contributed by atoms with van der Waals surface area (Å²) in [5, 5.41) is 0. The zero-order valence-electron chi connectivity index (χ0n) is 12.2. The Hall–Kier alpha value is -2.18. The third kappa shape index (κ3) is 4.14. The molecule has 2 N–H and O–H groups in total. The van der Waals surface area contributed by atoms with Gasteiger partial charge in [-0.05, 0) is 26.8 Å². The molecule has 0 fully saturated rings. The second kappa shape index (κ2) is 7.01. The largest absolute Gasteiger partial charge is 0.465 e. The molecule has 21 heavy (non-hydrogen) atoms. The van der Waals surface area contributed by atoms with E-state index in [9.17, 15) is 18.4 Å². The second-order valence-electron chi connectivity index (χ2n) is 4.69. The van der Waals surface area contributed by atoms with Crippen LogP contribution in [0.25, 0.3) is 0 Å². The number of esters is 1. The molecular formula is C14H18F2N2O3. The van der Waals surface area contributed by atoms with E-state index in [-0.39, 0.29) is 30.4 Å². The van der Waals surface area contributed by atoms with Gasteiger partial charge in [-0.2, -0.15) is 0 Å². The molecule has 0 heterocycles. The number of halogens is 2. The lowest BCUT2D eigenvalue weighted by Crippen LogP contribution is -2.41. The highest BCUT2D eigenvalue weighted by molar-refractivity contribution is 6.00. The average molecular weight is 300 g/mol. The van der Waals surface area contributed by atoms with Crippen LogP contribution in [0.15, 0.2) is 12.1 Å². The number of nitrogens with zero attached hydrogens (tertiary/aromatic N) is 1. The van der Waals surface area contributed by atoms with Crippen LogP contribution in [0.3, 0.4) is 0 Å². The van der Waals surface area contributed by atoms with Gasteiger partial charge in [0.25, 0.3) is 5.91 Å². The summed E-state index contributed by atoms with van der Waals surface area (Å²) in [6.45, 7) is 4.92. The van der Waals surface area contributed by atoms with E-state index in [1.807, 2.05) is 0 Å². The minimum absolute atomic E-state index is 0.187. The predicted molar refractivity (Wildman–Crippen MR) is 73.6 cm³/mol. The van der Waals surface area contributed by atoms with Gasteiger partial charge in [0.05, 0.1) is 12.2 Å². The summed E-state index contributed by atoms with van der Waals surface area (Å²) in [6.07, 6.45) is 0. The van der Waals surface area contributed by atoms with Gasteiger partial charge in [-0.25, -0.2) is 8.78 Å². The molecule has 0 spiro atoms. The SMILES string of the molecule is CCOC(=O)CN(C(=O)c1cc(F)c(F)cc1N)C(C)C. The summed E-state index contributed by atoms with van der Waals surface area (Å²) in [5.41, 5.74) is 5.17. The molecule has 1 amide bonds.